The lowest BCUT2D eigenvalue weighted by molar-refractivity contribution is -0.122. The number of hydrogen-bond acceptors (Lipinski definition) is 5. The number of amides is 2. The van der Waals surface area contributed by atoms with Crippen LogP contribution in [0.25, 0.3) is 22.0 Å². The van der Waals surface area contributed by atoms with Gasteiger partial charge in [-0.2, -0.15) is 0 Å². The molecule has 1 unspecified atom stereocenters. The number of rotatable bonds is 11. The average Bonchev–Trinajstić information content (AvgIpc) is 3.55. The monoisotopic (exact) mass is 459 g/mol. The summed E-state index contributed by atoms with van der Waals surface area (Å²) in [6.07, 6.45) is 8.62. The van der Waals surface area contributed by atoms with Gasteiger partial charge >= 0.3 is 0 Å². The molecule has 0 bridgehead atoms. The summed E-state index contributed by atoms with van der Waals surface area (Å²) < 4.78 is 1.62. The predicted octanol–water partition coefficient (Wildman–Crippen LogP) is 3.38. The van der Waals surface area contributed by atoms with E-state index in [4.69, 9.17) is 0 Å². The maximum Gasteiger partial charge on any atom is 0.240 e. The van der Waals surface area contributed by atoms with E-state index >= 15 is 0 Å². The molecular formula is C25H29N7O2. The minimum atomic E-state index is -0.266. The predicted molar refractivity (Wildman–Crippen MR) is 130 cm³/mol. The number of benzene rings is 2. The quantitative estimate of drug-likeness (QED) is 0.297. The molecule has 2 amide bonds. The highest BCUT2D eigenvalue weighted by Crippen LogP contribution is 2.25. The SMILES string of the molecule is CNC(=O)CCCCCC(NC(=O)Cn1cnnc1)c1ncc(-c2ccc3ccccc3c2)[nH]1. The van der Waals surface area contributed by atoms with E-state index in [1.807, 2.05) is 18.3 Å². The van der Waals surface area contributed by atoms with Crippen LogP contribution in [-0.4, -0.2) is 43.6 Å². The van der Waals surface area contributed by atoms with Gasteiger partial charge in [0.2, 0.25) is 11.8 Å². The number of carbonyl (C=O) groups excluding carboxylic acids is 2. The number of nitrogens with zero attached hydrogens (tertiary/aromatic N) is 4. The first-order valence-corrected chi connectivity index (χ1v) is 11.5. The van der Waals surface area contributed by atoms with E-state index in [-0.39, 0.29) is 24.4 Å². The van der Waals surface area contributed by atoms with E-state index in [0.29, 0.717) is 18.7 Å². The van der Waals surface area contributed by atoms with Crippen LogP contribution in [0.2, 0.25) is 0 Å². The molecule has 0 saturated heterocycles. The van der Waals surface area contributed by atoms with Gasteiger partial charge < -0.3 is 20.2 Å². The van der Waals surface area contributed by atoms with Gasteiger partial charge in [-0.1, -0.05) is 49.2 Å². The lowest BCUT2D eigenvalue weighted by Crippen LogP contribution is -2.32. The van der Waals surface area contributed by atoms with Gasteiger partial charge in [-0.15, -0.1) is 10.2 Å². The number of fused-ring (bicyclic) bond motifs is 1. The topological polar surface area (TPSA) is 118 Å². The summed E-state index contributed by atoms with van der Waals surface area (Å²) in [6, 6.07) is 14.2. The smallest absolute Gasteiger partial charge is 0.240 e. The van der Waals surface area contributed by atoms with E-state index in [9.17, 15) is 9.59 Å². The van der Waals surface area contributed by atoms with Gasteiger partial charge in [-0.25, -0.2) is 4.98 Å². The molecule has 0 aliphatic carbocycles. The number of nitrogens with one attached hydrogen (secondary N) is 3. The lowest BCUT2D eigenvalue weighted by Gasteiger charge is -2.17. The molecule has 9 heteroatoms. The van der Waals surface area contributed by atoms with Crippen LogP contribution in [0.5, 0.6) is 0 Å². The van der Waals surface area contributed by atoms with Crippen LogP contribution in [0.3, 0.4) is 0 Å². The van der Waals surface area contributed by atoms with Crippen LogP contribution in [0.15, 0.2) is 61.3 Å². The molecular weight excluding hydrogens is 430 g/mol. The molecule has 2 aromatic heterocycles. The molecule has 9 nitrogen and oxygen atoms in total. The molecule has 0 aliphatic rings. The zero-order valence-corrected chi connectivity index (χ0v) is 19.2. The first-order chi connectivity index (χ1) is 16.6. The van der Waals surface area contributed by atoms with E-state index in [2.05, 4.69) is 61.1 Å². The summed E-state index contributed by atoms with van der Waals surface area (Å²) in [4.78, 5) is 32.1. The Kier molecular flexibility index (Phi) is 7.64. The number of imidazole rings is 1. The van der Waals surface area contributed by atoms with Crippen LogP contribution in [0.1, 0.15) is 44.0 Å². The summed E-state index contributed by atoms with van der Waals surface area (Å²) in [5, 5.41) is 15.6. The van der Waals surface area contributed by atoms with Crippen molar-refractivity contribution in [2.75, 3.05) is 7.05 Å². The zero-order valence-electron chi connectivity index (χ0n) is 19.2. The van der Waals surface area contributed by atoms with Crippen molar-refractivity contribution in [3.8, 4) is 11.3 Å². The summed E-state index contributed by atoms with van der Waals surface area (Å²) in [6.45, 7) is 0.137. The molecule has 4 aromatic rings. The van der Waals surface area contributed by atoms with Crippen LogP contribution < -0.4 is 10.6 Å². The van der Waals surface area contributed by atoms with Gasteiger partial charge in [-0.05, 0) is 29.7 Å². The Morgan fingerprint density at radius 2 is 1.79 bits per heavy atom. The Morgan fingerprint density at radius 1 is 1.00 bits per heavy atom. The summed E-state index contributed by atoms with van der Waals surface area (Å²) in [7, 11) is 1.65. The number of H-pyrrole nitrogens is 1. The highest BCUT2D eigenvalue weighted by atomic mass is 16.2. The molecule has 2 aromatic carbocycles. The standard InChI is InChI=1S/C25H29N7O2/c1-26-23(33)10-4-2-3-9-21(30-24(34)15-32-16-28-29-17-32)25-27-14-22(31-25)20-12-11-18-7-5-6-8-19(18)13-20/h5-8,11-14,16-17,21H,2-4,9-10,15H2,1H3,(H,26,33)(H,27,31)(H,30,34). The molecule has 0 saturated carbocycles. The first kappa shape index (κ1) is 23.2. The first-order valence-electron chi connectivity index (χ1n) is 11.5. The largest absolute Gasteiger partial charge is 0.359 e. The van der Waals surface area contributed by atoms with Crippen molar-refractivity contribution in [2.24, 2.45) is 0 Å². The van der Waals surface area contributed by atoms with Crippen molar-refractivity contribution >= 4 is 22.6 Å². The fraction of sp³-hybridized carbons (Fsp3) is 0.320. The Labute approximate surface area is 198 Å². The molecule has 0 fully saturated rings. The van der Waals surface area contributed by atoms with Crippen molar-refractivity contribution < 1.29 is 9.59 Å². The molecule has 2 heterocycles. The number of carbonyl (C=O) groups is 2. The number of unbranched alkanes of at least 4 members (excludes halogenated alkanes) is 2. The van der Waals surface area contributed by atoms with Gasteiger partial charge in [0, 0.05) is 19.0 Å². The summed E-state index contributed by atoms with van der Waals surface area (Å²) in [5.74, 6) is 0.621. The average molecular weight is 460 g/mol. The molecule has 3 N–H and O–H groups in total. The van der Waals surface area contributed by atoms with Crippen molar-refractivity contribution in [3.63, 3.8) is 0 Å². The van der Waals surface area contributed by atoms with Crippen molar-refractivity contribution in [3.05, 3.63) is 67.1 Å². The molecule has 34 heavy (non-hydrogen) atoms. The minimum absolute atomic E-state index is 0.0462. The summed E-state index contributed by atoms with van der Waals surface area (Å²) >= 11 is 0. The fourth-order valence-electron chi connectivity index (χ4n) is 3.94. The zero-order chi connectivity index (χ0) is 23.8. The molecule has 0 radical (unpaired) electrons. The third-order valence-corrected chi connectivity index (χ3v) is 5.79. The number of hydrogen-bond donors (Lipinski definition) is 3. The van der Waals surface area contributed by atoms with Gasteiger partial charge in [0.15, 0.2) is 0 Å². The van der Waals surface area contributed by atoms with Gasteiger partial charge in [0.05, 0.1) is 17.9 Å². The second-order valence-corrected chi connectivity index (χ2v) is 8.27. The Balaban J connectivity index is 1.46. The van der Waals surface area contributed by atoms with Crippen LogP contribution >= 0.6 is 0 Å². The molecule has 0 spiro atoms. The third kappa shape index (κ3) is 6.06. The molecule has 176 valence electrons. The van der Waals surface area contributed by atoms with Crippen molar-refractivity contribution in [2.45, 2.75) is 44.7 Å². The summed E-state index contributed by atoms with van der Waals surface area (Å²) in [5.41, 5.74) is 1.94. The van der Waals surface area contributed by atoms with E-state index in [0.717, 1.165) is 35.9 Å². The second-order valence-electron chi connectivity index (χ2n) is 8.27. The third-order valence-electron chi connectivity index (χ3n) is 5.79. The Morgan fingerprint density at radius 3 is 2.59 bits per heavy atom. The number of aromatic nitrogens is 5. The molecule has 4 rings (SSSR count). The van der Waals surface area contributed by atoms with Crippen LogP contribution in [-0.2, 0) is 16.1 Å². The highest BCUT2D eigenvalue weighted by molar-refractivity contribution is 5.86. The second kappa shape index (κ2) is 11.2. The van der Waals surface area contributed by atoms with E-state index in [1.165, 1.54) is 18.0 Å². The molecule has 0 aliphatic heterocycles. The minimum Gasteiger partial charge on any atom is -0.359 e. The normalized spacial score (nSPS) is 11.9. The molecule has 1 atom stereocenters. The van der Waals surface area contributed by atoms with Crippen molar-refractivity contribution in [1.29, 1.82) is 0 Å². The van der Waals surface area contributed by atoms with E-state index in [1.54, 1.807) is 11.6 Å². The van der Waals surface area contributed by atoms with Gasteiger partial charge in [-0.3, -0.25) is 9.59 Å². The van der Waals surface area contributed by atoms with E-state index < -0.39 is 0 Å². The fourth-order valence-corrected chi connectivity index (χ4v) is 3.94. The van der Waals surface area contributed by atoms with Crippen LogP contribution in [0.4, 0.5) is 0 Å². The van der Waals surface area contributed by atoms with Gasteiger partial charge in [0.25, 0.3) is 0 Å². The highest BCUT2D eigenvalue weighted by Gasteiger charge is 2.18. The van der Waals surface area contributed by atoms with Crippen molar-refractivity contribution in [1.82, 2.24) is 35.4 Å². The maximum absolute atomic E-state index is 12.7. The number of aromatic amines is 1. The Hall–Kier alpha value is -4.01. The maximum atomic E-state index is 12.7. The van der Waals surface area contributed by atoms with Crippen LogP contribution in [0, 0.1) is 0 Å². The lowest BCUT2D eigenvalue weighted by atomic mass is 10.1. The van der Waals surface area contributed by atoms with Gasteiger partial charge in [0.1, 0.15) is 25.0 Å². The Bertz CT molecular complexity index is 1230.